The van der Waals surface area contributed by atoms with Crippen molar-refractivity contribution in [1.29, 1.82) is 0 Å². The van der Waals surface area contributed by atoms with E-state index in [1.54, 1.807) is 0 Å². The predicted octanol–water partition coefficient (Wildman–Crippen LogP) is 5.04. The Labute approximate surface area is 163 Å². The fourth-order valence-corrected chi connectivity index (χ4v) is 3.41. The van der Waals surface area contributed by atoms with Gasteiger partial charge in [0.25, 0.3) is 11.1 Å². The fourth-order valence-electron chi connectivity index (χ4n) is 2.43. The van der Waals surface area contributed by atoms with Crippen LogP contribution in [0.4, 0.5) is 0 Å². The molecule has 132 valence electrons. The van der Waals surface area contributed by atoms with Crippen LogP contribution in [0.2, 0.25) is 0 Å². The smallest absolute Gasteiger partial charge is 0.287 e. The summed E-state index contributed by atoms with van der Waals surface area (Å²) >= 11 is 4.91. The van der Waals surface area contributed by atoms with Crippen molar-refractivity contribution < 1.29 is 13.9 Å². The minimum atomic E-state index is -0.377. The number of ether oxygens (including phenoxy) is 2. The van der Waals surface area contributed by atoms with Gasteiger partial charge < -0.3 is 13.9 Å². The van der Waals surface area contributed by atoms with Gasteiger partial charge in [0.15, 0.2) is 0 Å². The molecule has 0 bridgehead atoms. The van der Waals surface area contributed by atoms with Crippen LogP contribution < -0.4 is 0 Å². The third-order valence-corrected chi connectivity index (χ3v) is 5.14. The van der Waals surface area contributed by atoms with E-state index in [9.17, 15) is 0 Å². The van der Waals surface area contributed by atoms with Crippen LogP contribution in [0.1, 0.15) is 17.0 Å². The van der Waals surface area contributed by atoms with Gasteiger partial charge in [-0.2, -0.15) is 0 Å². The Morgan fingerprint density at radius 2 is 1.77 bits per heavy atom. The van der Waals surface area contributed by atoms with Crippen molar-refractivity contribution in [3.05, 3.63) is 82.3 Å². The number of hydrogen-bond donors (Lipinski definition) is 0. The zero-order valence-corrected chi connectivity index (χ0v) is 16.1. The first-order chi connectivity index (χ1) is 12.8. The lowest BCUT2D eigenvalue weighted by Crippen LogP contribution is -2.11. The summed E-state index contributed by atoms with van der Waals surface area (Å²) in [6.45, 7) is 0. The van der Waals surface area contributed by atoms with E-state index in [0.717, 1.165) is 15.8 Å². The fraction of sp³-hybridized carbons (Fsp3) is 0.158. The summed E-state index contributed by atoms with van der Waals surface area (Å²) in [4.78, 5) is 0. The van der Waals surface area contributed by atoms with E-state index in [0.29, 0.717) is 23.3 Å². The van der Waals surface area contributed by atoms with Gasteiger partial charge in [-0.25, -0.2) is 0 Å². The van der Waals surface area contributed by atoms with Crippen LogP contribution in [0.3, 0.4) is 0 Å². The molecule has 5 nitrogen and oxygen atoms in total. The largest absolute Gasteiger partial charge is 0.458 e. The van der Waals surface area contributed by atoms with Gasteiger partial charge in [0, 0.05) is 16.6 Å². The standard InChI is InChI=1S/C19H15BrN2O3S/c20-15-8-6-14(7-9-15)12-26-19-22-21-18(25-19)16-11-23-17(24-16)10-13-4-2-1-3-5-13/h1-9,11,17H,10,12H2. The number of benzene rings is 2. The highest BCUT2D eigenvalue weighted by molar-refractivity contribution is 9.10. The van der Waals surface area contributed by atoms with Crippen molar-refractivity contribution in [1.82, 2.24) is 10.2 Å². The lowest BCUT2D eigenvalue weighted by Gasteiger charge is -2.10. The summed E-state index contributed by atoms with van der Waals surface area (Å²) in [5.74, 6) is 1.55. The Morgan fingerprint density at radius 3 is 2.58 bits per heavy atom. The normalized spacial score (nSPS) is 16.0. The minimum Gasteiger partial charge on any atom is -0.458 e. The summed E-state index contributed by atoms with van der Waals surface area (Å²) in [6.07, 6.45) is 1.81. The highest BCUT2D eigenvalue weighted by Crippen LogP contribution is 2.28. The Bertz CT molecular complexity index is 897. The van der Waals surface area contributed by atoms with Crippen molar-refractivity contribution >= 4 is 33.5 Å². The number of halogens is 1. The Hall–Kier alpha value is -2.25. The van der Waals surface area contributed by atoms with Gasteiger partial charge in [0.1, 0.15) is 6.26 Å². The average Bonchev–Trinajstić information content (AvgIpc) is 3.31. The van der Waals surface area contributed by atoms with Crippen molar-refractivity contribution in [2.45, 2.75) is 23.7 Å². The Kier molecular flexibility index (Phi) is 5.26. The van der Waals surface area contributed by atoms with Crippen LogP contribution in [0, 0.1) is 0 Å². The SMILES string of the molecule is Brc1ccc(CSc2nnc(C3=COC(Cc4ccccc4)O3)o2)cc1. The Balaban J connectivity index is 1.32. The molecule has 3 aromatic rings. The molecule has 0 amide bonds. The molecule has 0 aliphatic carbocycles. The summed E-state index contributed by atoms with van der Waals surface area (Å²) in [5.41, 5.74) is 2.32. The topological polar surface area (TPSA) is 57.4 Å². The average molecular weight is 431 g/mol. The van der Waals surface area contributed by atoms with Crippen molar-refractivity contribution in [2.75, 3.05) is 0 Å². The van der Waals surface area contributed by atoms with E-state index < -0.39 is 0 Å². The maximum Gasteiger partial charge on any atom is 0.287 e. The zero-order valence-electron chi connectivity index (χ0n) is 13.7. The molecule has 0 fully saturated rings. The third-order valence-electron chi connectivity index (χ3n) is 3.72. The van der Waals surface area contributed by atoms with Gasteiger partial charge in [-0.1, -0.05) is 70.2 Å². The molecule has 1 aliphatic rings. The molecular weight excluding hydrogens is 416 g/mol. The number of rotatable bonds is 6. The minimum absolute atomic E-state index is 0.332. The van der Waals surface area contributed by atoms with Crippen molar-refractivity contribution in [2.24, 2.45) is 0 Å². The summed E-state index contributed by atoms with van der Waals surface area (Å²) < 4.78 is 18.0. The maximum absolute atomic E-state index is 5.77. The monoisotopic (exact) mass is 430 g/mol. The van der Waals surface area contributed by atoms with Crippen LogP contribution in [0.5, 0.6) is 0 Å². The lowest BCUT2D eigenvalue weighted by molar-refractivity contribution is -0.0148. The molecule has 0 spiro atoms. The van der Waals surface area contributed by atoms with Crippen LogP contribution in [-0.4, -0.2) is 16.5 Å². The number of thioether (sulfide) groups is 1. The molecule has 1 aromatic heterocycles. The van der Waals surface area contributed by atoms with Gasteiger partial charge in [-0.05, 0) is 23.3 Å². The van der Waals surface area contributed by atoms with Crippen molar-refractivity contribution in [3.63, 3.8) is 0 Å². The molecule has 0 radical (unpaired) electrons. The highest BCUT2D eigenvalue weighted by Gasteiger charge is 2.25. The van der Waals surface area contributed by atoms with Crippen LogP contribution in [0.15, 0.2) is 75.0 Å². The molecule has 0 saturated heterocycles. The van der Waals surface area contributed by atoms with Crippen LogP contribution in [-0.2, 0) is 21.6 Å². The molecule has 0 saturated carbocycles. The second kappa shape index (κ2) is 7.97. The van der Waals surface area contributed by atoms with E-state index in [4.69, 9.17) is 13.9 Å². The molecule has 2 aromatic carbocycles. The molecule has 1 atom stereocenters. The first-order valence-corrected chi connectivity index (χ1v) is 9.81. The molecule has 4 rings (SSSR count). The molecule has 0 N–H and O–H groups in total. The number of hydrogen-bond acceptors (Lipinski definition) is 6. The number of aromatic nitrogens is 2. The van der Waals surface area contributed by atoms with E-state index >= 15 is 0 Å². The molecule has 1 unspecified atom stereocenters. The maximum atomic E-state index is 5.77. The Morgan fingerprint density at radius 1 is 0.962 bits per heavy atom. The second-order valence-corrected chi connectivity index (χ2v) is 7.49. The van der Waals surface area contributed by atoms with E-state index in [1.807, 2.05) is 42.5 Å². The summed E-state index contributed by atoms with van der Waals surface area (Å²) in [5, 5.41) is 8.61. The second-order valence-electron chi connectivity index (χ2n) is 5.64. The van der Waals surface area contributed by atoms with Gasteiger partial charge >= 0.3 is 0 Å². The van der Waals surface area contributed by atoms with Gasteiger partial charge in [-0.15, -0.1) is 10.2 Å². The van der Waals surface area contributed by atoms with Crippen molar-refractivity contribution in [3.8, 4) is 0 Å². The van der Waals surface area contributed by atoms with E-state index in [-0.39, 0.29) is 6.29 Å². The van der Waals surface area contributed by atoms with E-state index in [1.165, 1.54) is 23.6 Å². The molecule has 7 heteroatoms. The molecule has 26 heavy (non-hydrogen) atoms. The molecule has 1 aliphatic heterocycles. The lowest BCUT2D eigenvalue weighted by atomic mass is 10.1. The molecule has 2 heterocycles. The number of nitrogens with zero attached hydrogens (tertiary/aromatic N) is 2. The van der Waals surface area contributed by atoms with E-state index in [2.05, 4.69) is 38.3 Å². The van der Waals surface area contributed by atoms with Gasteiger partial charge in [-0.3, -0.25) is 0 Å². The zero-order chi connectivity index (χ0) is 17.8. The van der Waals surface area contributed by atoms with Crippen LogP contribution >= 0.6 is 27.7 Å². The summed E-state index contributed by atoms with van der Waals surface area (Å²) in [6, 6.07) is 18.2. The predicted molar refractivity (Wildman–Crippen MR) is 102 cm³/mol. The van der Waals surface area contributed by atoms with Crippen LogP contribution in [0.25, 0.3) is 5.76 Å². The molecular formula is C19H15BrN2O3S. The first kappa shape index (κ1) is 17.2. The van der Waals surface area contributed by atoms with Gasteiger partial charge in [0.05, 0.1) is 0 Å². The van der Waals surface area contributed by atoms with Gasteiger partial charge in [0.2, 0.25) is 12.0 Å². The quantitative estimate of drug-likeness (QED) is 0.510. The summed E-state index contributed by atoms with van der Waals surface area (Å²) in [7, 11) is 0. The third kappa shape index (κ3) is 4.28. The highest BCUT2D eigenvalue weighted by atomic mass is 79.9. The first-order valence-electron chi connectivity index (χ1n) is 8.03.